The summed E-state index contributed by atoms with van der Waals surface area (Å²) in [5.41, 5.74) is -1.20. The number of thiol groups is 1. The lowest BCUT2D eigenvalue weighted by molar-refractivity contribution is -0.187. The number of esters is 1. The van der Waals surface area contributed by atoms with Crippen LogP contribution in [-0.2, 0) is 23.9 Å². The van der Waals surface area contributed by atoms with Crippen molar-refractivity contribution < 1.29 is 23.9 Å². The van der Waals surface area contributed by atoms with Crippen molar-refractivity contribution in [1.82, 2.24) is 0 Å². The lowest BCUT2D eigenvalue weighted by Crippen LogP contribution is -2.62. The predicted molar refractivity (Wildman–Crippen MR) is 114 cm³/mol. The highest BCUT2D eigenvalue weighted by atomic mass is 32.1. The molecule has 30 heavy (non-hydrogen) atoms. The van der Waals surface area contributed by atoms with Crippen LogP contribution in [0.5, 0.6) is 0 Å². The van der Waals surface area contributed by atoms with Crippen molar-refractivity contribution in [2.45, 2.75) is 77.1 Å². The second kappa shape index (κ2) is 6.10. The van der Waals surface area contributed by atoms with Crippen molar-refractivity contribution in [1.29, 1.82) is 0 Å². The molecule has 4 fully saturated rings. The van der Waals surface area contributed by atoms with E-state index < -0.39 is 11.0 Å². The third-order valence-corrected chi connectivity index (χ3v) is 9.69. The summed E-state index contributed by atoms with van der Waals surface area (Å²) in [4.78, 5) is 37.4. The number of ketones is 1. The van der Waals surface area contributed by atoms with Crippen LogP contribution in [-0.4, -0.2) is 34.2 Å². The molecule has 1 spiro atoms. The third-order valence-electron chi connectivity index (χ3n) is 9.35. The zero-order valence-corrected chi connectivity index (χ0v) is 19.0. The van der Waals surface area contributed by atoms with Gasteiger partial charge in [0.05, 0.1) is 6.10 Å². The summed E-state index contributed by atoms with van der Waals surface area (Å²) >= 11 is 4.27. The lowest BCUT2D eigenvalue weighted by atomic mass is 9.47. The number of rotatable bonds is 3. The molecule has 5 nitrogen and oxygen atoms in total. The molecule has 0 bridgehead atoms. The van der Waals surface area contributed by atoms with Crippen molar-refractivity contribution >= 4 is 29.5 Å². The Morgan fingerprint density at radius 3 is 2.70 bits per heavy atom. The van der Waals surface area contributed by atoms with E-state index in [2.05, 4.69) is 26.5 Å². The molecule has 3 saturated carbocycles. The normalized spacial score (nSPS) is 50.6. The van der Waals surface area contributed by atoms with E-state index in [0.29, 0.717) is 6.42 Å². The SMILES string of the molecule is CCC(=O)O[C@]1(C(=O)S)[C@@H](C)C[C@H]2[C@@H]3CCC4=CC(=O)C=C[C@]4(C)[C@@]34O[C@H]4C[C@@]21C. The van der Waals surface area contributed by atoms with Crippen molar-refractivity contribution in [3.63, 3.8) is 0 Å². The monoisotopic (exact) mass is 430 g/mol. The molecule has 5 aliphatic rings. The summed E-state index contributed by atoms with van der Waals surface area (Å²) in [6, 6.07) is 0. The zero-order valence-electron chi connectivity index (χ0n) is 18.1. The van der Waals surface area contributed by atoms with Gasteiger partial charge in [-0.1, -0.05) is 32.4 Å². The topological polar surface area (TPSA) is 73.0 Å². The maximum Gasteiger partial charge on any atom is 0.306 e. The Morgan fingerprint density at radius 1 is 1.30 bits per heavy atom. The van der Waals surface area contributed by atoms with Gasteiger partial charge >= 0.3 is 5.97 Å². The van der Waals surface area contributed by atoms with Crippen LogP contribution in [0.15, 0.2) is 23.8 Å². The molecule has 0 aromatic carbocycles. The maximum absolute atomic E-state index is 13.0. The molecule has 0 amide bonds. The number of hydrogen-bond acceptors (Lipinski definition) is 5. The number of fused-ring (bicyclic) bond motifs is 3. The molecule has 0 N–H and O–H groups in total. The maximum atomic E-state index is 13.0. The number of epoxide rings is 1. The molecule has 1 heterocycles. The second-order valence-corrected chi connectivity index (χ2v) is 10.8. The van der Waals surface area contributed by atoms with Crippen LogP contribution in [0.1, 0.15) is 59.8 Å². The molecule has 0 radical (unpaired) electrons. The van der Waals surface area contributed by atoms with Crippen LogP contribution in [0.4, 0.5) is 0 Å². The number of ether oxygens (including phenoxy) is 2. The molecular formula is C24H30O5S. The molecule has 1 aliphatic heterocycles. The molecule has 4 aliphatic carbocycles. The summed E-state index contributed by atoms with van der Waals surface area (Å²) in [5, 5.41) is -0.347. The highest BCUT2D eigenvalue weighted by Gasteiger charge is 2.82. The number of allylic oxidation sites excluding steroid dienone is 2. The molecule has 0 aromatic rings. The van der Waals surface area contributed by atoms with Crippen LogP contribution in [0.25, 0.3) is 0 Å². The Balaban J connectivity index is 1.60. The van der Waals surface area contributed by atoms with Crippen LogP contribution in [0.3, 0.4) is 0 Å². The van der Waals surface area contributed by atoms with Crippen molar-refractivity contribution in [3.05, 3.63) is 23.8 Å². The van der Waals surface area contributed by atoms with Gasteiger partial charge in [0.2, 0.25) is 5.12 Å². The Morgan fingerprint density at radius 2 is 2.03 bits per heavy atom. The van der Waals surface area contributed by atoms with Crippen LogP contribution in [0, 0.1) is 28.6 Å². The first-order chi connectivity index (χ1) is 14.1. The standard InChI is InChI=1S/C24H30O5S/c1-5-19(26)29-23(20(27)30)13(2)10-17-16-7-6-14-11-15(25)8-9-21(14,3)24(16)18(28-24)12-22(17,23)4/h8-9,11,13,16-18H,5-7,10,12H2,1-4H3,(H,27,30)/t13-,16-,17-,18-,21-,22-,23-,24+/m0/s1. The van der Waals surface area contributed by atoms with Gasteiger partial charge < -0.3 is 9.47 Å². The highest BCUT2D eigenvalue weighted by molar-refractivity contribution is 7.96. The number of carbonyl (C=O) groups is 3. The third kappa shape index (κ3) is 2.12. The molecule has 8 atom stereocenters. The largest absolute Gasteiger partial charge is 0.449 e. The number of carbonyl (C=O) groups excluding carboxylic acids is 3. The van der Waals surface area contributed by atoms with Gasteiger partial charge in [0.25, 0.3) is 0 Å². The Kier molecular flexibility index (Phi) is 4.17. The van der Waals surface area contributed by atoms with Crippen molar-refractivity contribution in [2.75, 3.05) is 0 Å². The molecular weight excluding hydrogens is 400 g/mol. The summed E-state index contributed by atoms with van der Waals surface area (Å²) in [5.74, 6) is 0.0378. The van der Waals surface area contributed by atoms with Gasteiger partial charge in [-0.15, -0.1) is 12.6 Å². The van der Waals surface area contributed by atoms with Crippen molar-refractivity contribution in [2.24, 2.45) is 28.6 Å². The fourth-order valence-corrected chi connectivity index (χ4v) is 8.46. The average molecular weight is 431 g/mol. The van der Waals surface area contributed by atoms with Crippen LogP contribution >= 0.6 is 12.6 Å². The molecule has 5 rings (SSSR count). The van der Waals surface area contributed by atoms with Gasteiger partial charge in [-0.2, -0.15) is 0 Å². The average Bonchev–Trinajstić information content (AvgIpc) is 3.36. The van der Waals surface area contributed by atoms with Crippen molar-refractivity contribution in [3.8, 4) is 0 Å². The van der Waals surface area contributed by atoms with Gasteiger partial charge in [-0.05, 0) is 56.6 Å². The first-order valence-corrected chi connectivity index (χ1v) is 11.6. The minimum atomic E-state index is -1.22. The Hall–Kier alpha value is -1.40. The fraction of sp³-hybridized carbons (Fsp3) is 0.708. The van der Waals surface area contributed by atoms with Crippen LogP contribution in [0.2, 0.25) is 0 Å². The zero-order chi connectivity index (χ0) is 21.7. The molecule has 162 valence electrons. The quantitative estimate of drug-likeness (QED) is 0.419. The van der Waals surface area contributed by atoms with Crippen LogP contribution < -0.4 is 0 Å². The van der Waals surface area contributed by atoms with Gasteiger partial charge in [-0.3, -0.25) is 14.4 Å². The van der Waals surface area contributed by atoms with Gasteiger partial charge in [0, 0.05) is 23.2 Å². The van der Waals surface area contributed by atoms with E-state index in [4.69, 9.17) is 9.47 Å². The molecule has 6 heteroatoms. The van der Waals surface area contributed by atoms with E-state index in [-0.39, 0.29) is 58.2 Å². The van der Waals surface area contributed by atoms with E-state index in [1.54, 1.807) is 19.1 Å². The van der Waals surface area contributed by atoms with E-state index in [0.717, 1.165) is 24.8 Å². The van der Waals surface area contributed by atoms with E-state index in [1.807, 2.05) is 13.0 Å². The highest BCUT2D eigenvalue weighted by Crippen LogP contribution is 2.77. The predicted octanol–water partition coefficient (Wildman–Crippen LogP) is 3.82. The first kappa shape index (κ1) is 20.5. The lowest BCUT2D eigenvalue weighted by Gasteiger charge is -2.55. The summed E-state index contributed by atoms with van der Waals surface area (Å²) in [6.07, 6.45) is 8.96. The summed E-state index contributed by atoms with van der Waals surface area (Å²) in [6.45, 7) is 8.08. The van der Waals surface area contributed by atoms with E-state index >= 15 is 0 Å². The minimum Gasteiger partial charge on any atom is -0.449 e. The second-order valence-electron chi connectivity index (χ2n) is 10.4. The van der Waals surface area contributed by atoms with Gasteiger partial charge in [-0.25, -0.2) is 0 Å². The Bertz CT molecular complexity index is 923. The molecule has 0 unspecified atom stereocenters. The Labute approximate surface area is 183 Å². The van der Waals surface area contributed by atoms with E-state index in [9.17, 15) is 14.4 Å². The smallest absolute Gasteiger partial charge is 0.306 e. The molecule has 0 aromatic heterocycles. The molecule has 1 saturated heterocycles. The first-order valence-electron chi connectivity index (χ1n) is 11.1. The number of hydrogen-bond donors (Lipinski definition) is 1. The van der Waals surface area contributed by atoms with Gasteiger partial charge in [0.1, 0.15) is 5.60 Å². The van der Waals surface area contributed by atoms with Gasteiger partial charge in [0.15, 0.2) is 11.4 Å². The summed E-state index contributed by atoms with van der Waals surface area (Å²) < 4.78 is 12.5. The minimum absolute atomic E-state index is 0.0204. The fourth-order valence-electron chi connectivity index (χ4n) is 7.94. The summed E-state index contributed by atoms with van der Waals surface area (Å²) in [7, 11) is 0. The van der Waals surface area contributed by atoms with E-state index in [1.165, 1.54) is 0 Å².